The van der Waals surface area contributed by atoms with Crippen LogP contribution in [0.1, 0.15) is 44.5 Å². The molecule has 0 aliphatic heterocycles. The highest BCUT2D eigenvalue weighted by Crippen LogP contribution is 2.15. The van der Waals surface area contributed by atoms with Crippen LogP contribution >= 0.6 is 0 Å². The number of anilines is 1. The molecule has 0 fully saturated rings. The van der Waals surface area contributed by atoms with Gasteiger partial charge in [0.1, 0.15) is 12.6 Å². The fourth-order valence-electron chi connectivity index (χ4n) is 2.61. The van der Waals surface area contributed by atoms with Crippen molar-refractivity contribution >= 4 is 17.5 Å². The van der Waals surface area contributed by atoms with E-state index in [1.165, 1.54) is 0 Å². The van der Waals surface area contributed by atoms with Gasteiger partial charge in [0.2, 0.25) is 5.91 Å². The lowest BCUT2D eigenvalue weighted by atomic mass is 10.0. The number of rotatable bonds is 9. The predicted octanol–water partition coefficient (Wildman–Crippen LogP) is 2.32. The third kappa shape index (κ3) is 6.46. The minimum absolute atomic E-state index is 0.0676. The maximum atomic E-state index is 12.5. The first-order chi connectivity index (χ1) is 11.9. The third-order valence-electron chi connectivity index (χ3n) is 3.93. The van der Waals surface area contributed by atoms with Crippen LogP contribution in [0.4, 0.5) is 5.69 Å². The van der Waals surface area contributed by atoms with Crippen molar-refractivity contribution in [3.05, 3.63) is 29.8 Å². The number of hydrogen-bond donors (Lipinski definition) is 2. The van der Waals surface area contributed by atoms with Crippen LogP contribution in [0.2, 0.25) is 0 Å². The van der Waals surface area contributed by atoms with Gasteiger partial charge in [0.15, 0.2) is 0 Å². The molecule has 0 saturated carbocycles. The van der Waals surface area contributed by atoms with E-state index in [-0.39, 0.29) is 24.3 Å². The Morgan fingerprint density at radius 3 is 2.24 bits per heavy atom. The molecule has 25 heavy (non-hydrogen) atoms. The first-order valence-corrected chi connectivity index (χ1v) is 8.73. The highest BCUT2D eigenvalue weighted by Gasteiger charge is 2.22. The van der Waals surface area contributed by atoms with Gasteiger partial charge in [-0.1, -0.05) is 13.8 Å². The quantitative estimate of drug-likeness (QED) is 0.673. The van der Waals surface area contributed by atoms with E-state index in [0.29, 0.717) is 12.0 Å². The molecule has 0 aromatic heterocycles. The van der Waals surface area contributed by atoms with Crippen molar-refractivity contribution in [1.29, 1.82) is 5.26 Å². The number of benzene rings is 1. The molecule has 6 heteroatoms. The first kappa shape index (κ1) is 20.5. The SMILES string of the molecule is CCN(CC)c1ccc(C(=O)NC(CC(C)C)C(=O)NCC#N)cc1. The second kappa shape index (κ2) is 10.3. The number of nitriles is 1. The molecule has 1 aromatic rings. The number of hydrogen-bond acceptors (Lipinski definition) is 4. The summed E-state index contributed by atoms with van der Waals surface area (Å²) in [6.07, 6.45) is 0.514. The summed E-state index contributed by atoms with van der Waals surface area (Å²) < 4.78 is 0. The molecule has 2 N–H and O–H groups in total. The van der Waals surface area contributed by atoms with Gasteiger partial charge in [-0.25, -0.2) is 0 Å². The summed E-state index contributed by atoms with van der Waals surface area (Å²) in [5, 5.41) is 13.9. The third-order valence-corrected chi connectivity index (χ3v) is 3.93. The zero-order valence-corrected chi connectivity index (χ0v) is 15.5. The Labute approximate surface area is 150 Å². The second-order valence-electron chi connectivity index (χ2n) is 6.25. The first-order valence-electron chi connectivity index (χ1n) is 8.73. The Bertz CT molecular complexity index is 601. The predicted molar refractivity (Wildman–Crippen MR) is 99.3 cm³/mol. The molecule has 0 bridgehead atoms. The van der Waals surface area contributed by atoms with E-state index in [1.54, 1.807) is 12.1 Å². The van der Waals surface area contributed by atoms with E-state index in [4.69, 9.17) is 5.26 Å². The van der Waals surface area contributed by atoms with Gasteiger partial charge >= 0.3 is 0 Å². The summed E-state index contributed by atoms with van der Waals surface area (Å²) in [5.41, 5.74) is 1.57. The van der Waals surface area contributed by atoms with Crippen molar-refractivity contribution in [1.82, 2.24) is 10.6 Å². The number of nitrogens with one attached hydrogen (secondary N) is 2. The lowest BCUT2D eigenvalue weighted by molar-refractivity contribution is -0.123. The molecule has 1 rings (SSSR count). The van der Waals surface area contributed by atoms with Crippen LogP contribution in [-0.4, -0.2) is 37.5 Å². The van der Waals surface area contributed by atoms with Gasteiger partial charge in [0.25, 0.3) is 5.91 Å². The molecule has 0 aliphatic rings. The van der Waals surface area contributed by atoms with E-state index in [2.05, 4.69) is 29.4 Å². The van der Waals surface area contributed by atoms with Crippen molar-refractivity contribution < 1.29 is 9.59 Å². The number of nitrogens with zero attached hydrogens (tertiary/aromatic N) is 2. The number of carbonyl (C=O) groups is 2. The van der Waals surface area contributed by atoms with Gasteiger partial charge in [-0.15, -0.1) is 0 Å². The number of amides is 2. The standard InChI is InChI=1S/C19H28N4O2/c1-5-23(6-2)16-9-7-15(8-10-16)18(24)22-17(13-14(3)4)19(25)21-12-11-20/h7-10,14,17H,5-6,12-13H2,1-4H3,(H,21,25)(H,22,24). The Morgan fingerprint density at radius 1 is 1.16 bits per heavy atom. The van der Waals surface area contributed by atoms with Crippen molar-refractivity contribution in [3.63, 3.8) is 0 Å². The minimum Gasteiger partial charge on any atom is -0.372 e. The van der Waals surface area contributed by atoms with Gasteiger partial charge in [-0.05, 0) is 50.5 Å². The Hall–Kier alpha value is -2.55. The summed E-state index contributed by atoms with van der Waals surface area (Å²) >= 11 is 0. The zero-order chi connectivity index (χ0) is 18.8. The molecule has 1 unspecified atom stereocenters. The molecule has 1 atom stereocenters. The van der Waals surface area contributed by atoms with Crippen LogP contribution in [0.15, 0.2) is 24.3 Å². The van der Waals surface area contributed by atoms with Gasteiger partial charge in [0, 0.05) is 24.3 Å². The fraction of sp³-hybridized carbons (Fsp3) is 0.526. The lowest BCUT2D eigenvalue weighted by Gasteiger charge is -2.22. The lowest BCUT2D eigenvalue weighted by Crippen LogP contribution is -2.47. The highest BCUT2D eigenvalue weighted by atomic mass is 16.2. The number of carbonyl (C=O) groups excluding carboxylic acids is 2. The van der Waals surface area contributed by atoms with Crippen LogP contribution in [-0.2, 0) is 4.79 Å². The van der Waals surface area contributed by atoms with Gasteiger partial charge in [-0.2, -0.15) is 5.26 Å². The van der Waals surface area contributed by atoms with Crippen LogP contribution < -0.4 is 15.5 Å². The minimum atomic E-state index is -0.650. The summed E-state index contributed by atoms with van der Waals surface area (Å²) in [6.45, 7) is 9.86. The summed E-state index contributed by atoms with van der Waals surface area (Å²) in [7, 11) is 0. The Kier molecular flexibility index (Phi) is 8.48. The van der Waals surface area contributed by atoms with E-state index in [9.17, 15) is 9.59 Å². The Balaban J connectivity index is 2.82. The summed E-state index contributed by atoms with van der Waals surface area (Å²) in [6, 6.07) is 8.58. The van der Waals surface area contributed by atoms with Gasteiger partial charge < -0.3 is 15.5 Å². The maximum Gasteiger partial charge on any atom is 0.251 e. The van der Waals surface area contributed by atoms with Crippen molar-refractivity contribution in [2.24, 2.45) is 5.92 Å². The van der Waals surface area contributed by atoms with Crippen molar-refractivity contribution in [3.8, 4) is 6.07 Å². The summed E-state index contributed by atoms with van der Waals surface area (Å²) in [4.78, 5) is 26.8. The molecule has 6 nitrogen and oxygen atoms in total. The van der Waals surface area contributed by atoms with Crippen LogP contribution in [0.3, 0.4) is 0 Å². The van der Waals surface area contributed by atoms with Crippen molar-refractivity contribution in [2.45, 2.75) is 40.2 Å². The van der Waals surface area contributed by atoms with Crippen LogP contribution in [0.5, 0.6) is 0 Å². The molecule has 136 valence electrons. The Morgan fingerprint density at radius 2 is 1.76 bits per heavy atom. The smallest absolute Gasteiger partial charge is 0.251 e. The average Bonchev–Trinajstić information content (AvgIpc) is 2.60. The molecule has 2 amide bonds. The molecule has 0 spiro atoms. The van der Waals surface area contributed by atoms with E-state index >= 15 is 0 Å². The normalized spacial score (nSPS) is 11.5. The van der Waals surface area contributed by atoms with Gasteiger partial charge in [-0.3, -0.25) is 9.59 Å². The largest absolute Gasteiger partial charge is 0.372 e. The van der Waals surface area contributed by atoms with Crippen LogP contribution in [0.25, 0.3) is 0 Å². The molecule has 0 radical (unpaired) electrons. The van der Waals surface area contributed by atoms with Gasteiger partial charge in [0.05, 0.1) is 6.07 Å². The molecular weight excluding hydrogens is 316 g/mol. The topological polar surface area (TPSA) is 85.2 Å². The van der Waals surface area contributed by atoms with E-state index in [1.807, 2.05) is 32.0 Å². The second-order valence-corrected chi connectivity index (χ2v) is 6.25. The zero-order valence-electron chi connectivity index (χ0n) is 15.5. The monoisotopic (exact) mass is 344 g/mol. The van der Waals surface area contributed by atoms with E-state index in [0.717, 1.165) is 18.8 Å². The average molecular weight is 344 g/mol. The van der Waals surface area contributed by atoms with Crippen LogP contribution in [0, 0.1) is 17.2 Å². The molecule has 1 aromatic carbocycles. The maximum absolute atomic E-state index is 12.5. The van der Waals surface area contributed by atoms with Crippen molar-refractivity contribution in [2.75, 3.05) is 24.5 Å². The molecular formula is C19H28N4O2. The fourth-order valence-corrected chi connectivity index (χ4v) is 2.61. The van der Waals surface area contributed by atoms with E-state index < -0.39 is 6.04 Å². The summed E-state index contributed by atoms with van der Waals surface area (Å²) in [5.74, 6) is -0.379. The molecule has 0 aliphatic carbocycles. The highest BCUT2D eigenvalue weighted by molar-refractivity contribution is 5.97. The molecule has 0 saturated heterocycles. The molecule has 0 heterocycles.